The van der Waals surface area contributed by atoms with E-state index in [2.05, 4.69) is 102 Å². The van der Waals surface area contributed by atoms with Crippen LogP contribution < -0.4 is 10.6 Å². The van der Waals surface area contributed by atoms with Gasteiger partial charge in [-0.2, -0.15) is 4.99 Å². The number of aliphatic imine (C=N–C) groups is 2. The Balaban J connectivity index is 2.35. The van der Waals surface area contributed by atoms with E-state index in [0.29, 0.717) is 23.9 Å². The van der Waals surface area contributed by atoms with Crippen LogP contribution in [0.1, 0.15) is 88.0 Å². The van der Waals surface area contributed by atoms with Crippen LogP contribution in [0.2, 0.25) is 0 Å². The van der Waals surface area contributed by atoms with Gasteiger partial charge in [0.25, 0.3) is 0 Å². The number of rotatable bonds is 3. The summed E-state index contributed by atoms with van der Waals surface area (Å²) in [7, 11) is 4.20. The molecule has 0 unspecified atom stereocenters. The van der Waals surface area contributed by atoms with Crippen LogP contribution in [0.4, 0.5) is 0 Å². The van der Waals surface area contributed by atoms with Crippen LogP contribution in [0, 0.1) is 0 Å². The number of hydrogen-bond acceptors (Lipinski definition) is 4. The van der Waals surface area contributed by atoms with Crippen LogP contribution in [0.3, 0.4) is 0 Å². The lowest BCUT2D eigenvalue weighted by molar-refractivity contribution is 0.0799. The van der Waals surface area contributed by atoms with Crippen molar-refractivity contribution in [2.24, 2.45) is 15.1 Å². The molecule has 2 heterocycles. The molecular weight excluding hydrogens is 386 g/mol. The molecule has 2 fully saturated rings. The summed E-state index contributed by atoms with van der Waals surface area (Å²) in [6, 6.07) is 0.670. The van der Waals surface area contributed by atoms with E-state index >= 15 is 0 Å². The summed E-state index contributed by atoms with van der Waals surface area (Å²) in [5.41, 5.74) is 0.229. The molecule has 2 aliphatic heterocycles. The molecule has 0 atom stereocenters. The first-order valence-electron chi connectivity index (χ1n) is 11.6. The Labute approximate surface area is 190 Å². The van der Waals surface area contributed by atoms with Crippen molar-refractivity contribution in [2.75, 3.05) is 14.1 Å². The Hall–Kier alpha value is -1.47. The van der Waals surface area contributed by atoms with Crippen LogP contribution in [0.15, 0.2) is 15.1 Å². The van der Waals surface area contributed by atoms with E-state index in [4.69, 9.17) is 10.1 Å². The molecule has 0 bridgehead atoms. The minimum absolute atomic E-state index is 0.0518. The number of hydrazone groups is 1. The maximum absolute atomic E-state index is 5.04. The van der Waals surface area contributed by atoms with Crippen molar-refractivity contribution in [1.29, 1.82) is 0 Å². The number of amidine groups is 1. The predicted molar refractivity (Wildman–Crippen MR) is 134 cm³/mol. The highest BCUT2D eigenvalue weighted by atomic mass is 15.5. The average Bonchev–Trinajstić information content (AvgIpc) is 2.54. The molecule has 31 heavy (non-hydrogen) atoms. The summed E-state index contributed by atoms with van der Waals surface area (Å²) in [5, 5.41) is 14.7. The largest absolute Gasteiger partial charge is 0.339 e. The number of nitrogens with zero attached hydrogens (tertiary/aromatic N) is 5. The molecule has 178 valence electrons. The van der Waals surface area contributed by atoms with Gasteiger partial charge in [-0.3, -0.25) is 5.01 Å². The number of piperidine rings is 2. The van der Waals surface area contributed by atoms with Crippen molar-refractivity contribution in [3.8, 4) is 0 Å². The minimum Gasteiger partial charge on any atom is -0.339 e. The summed E-state index contributed by atoms with van der Waals surface area (Å²) in [5.74, 6) is 1.34. The Morgan fingerprint density at radius 3 is 1.55 bits per heavy atom. The third-order valence-electron chi connectivity index (χ3n) is 6.47. The van der Waals surface area contributed by atoms with Gasteiger partial charge in [0.2, 0.25) is 5.96 Å². The number of guanidine groups is 1. The molecule has 0 spiro atoms. The first-order chi connectivity index (χ1) is 13.9. The predicted octanol–water partition coefficient (Wildman–Crippen LogP) is 3.86. The van der Waals surface area contributed by atoms with Gasteiger partial charge in [0.1, 0.15) is 5.84 Å². The second kappa shape index (κ2) is 8.81. The highest BCUT2D eigenvalue weighted by molar-refractivity contribution is 5.96. The van der Waals surface area contributed by atoms with Crippen LogP contribution in [-0.2, 0) is 0 Å². The molecule has 0 aromatic heterocycles. The van der Waals surface area contributed by atoms with Crippen molar-refractivity contribution in [2.45, 2.75) is 122 Å². The molecule has 7 heteroatoms. The highest BCUT2D eigenvalue weighted by Gasteiger charge is 2.41. The van der Waals surface area contributed by atoms with Gasteiger partial charge in [-0.25, -0.2) is 4.99 Å². The van der Waals surface area contributed by atoms with Crippen molar-refractivity contribution >= 4 is 18.5 Å². The summed E-state index contributed by atoms with van der Waals surface area (Å²) in [6.07, 6.45) is 4.12. The van der Waals surface area contributed by atoms with Crippen molar-refractivity contribution in [3.05, 3.63) is 0 Å². The van der Waals surface area contributed by atoms with Crippen LogP contribution in [-0.4, -0.2) is 76.8 Å². The summed E-state index contributed by atoms with van der Waals surface area (Å²) >= 11 is 0. The minimum atomic E-state index is 0.0518. The second-order valence-electron chi connectivity index (χ2n) is 12.3. The van der Waals surface area contributed by atoms with E-state index in [9.17, 15) is 0 Å². The molecule has 0 aliphatic carbocycles. The fourth-order valence-electron chi connectivity index (χ4n) is 5.81. The zero-order valence-corrected chi connectivity index (χ0v) is 21.9. The zero-order valence-electron chi connectivity index (χ0n) is 21.9. The quantitative estimate of drug-likeness (QED) is 0.403. The first kappa shape index (κ1) is 25.8. The average molecular weight is 434 g/mol. The summed E-state index contributed by atoms with van der Waals surface area (Å²) < 4.78 is 0. The molecule has 2 saturated heterocycles. The molecule has 0 aromatic carbocycles. The number of hydrogen-bond donors (Lipinski definition) is 2. The summed E-state index contributed by atoms with van der Waals surface area (Å²) in [6.45, 7) is 23.7. The Kier molecular flexibility index (Phi) is 7.33. The van der Waals surface area contributed by atoms with E-state index in [1.54, 1.807) is 0 Å². The van der Waals surface area contributed by atoms with Gasteiger partial charge in [-0.05, 0) is 94.7 Å². The monoisotopic (exact) mass is 433 g/mol. The van der Waals surface area contributed by atoms with Gasteiger partial charge in [-0.15, -0.1) is 5.10 Å². The van der Waals surface area contributed by atoms with Crippen LogP contribution in [0.25, 0.3) is 0 Å². The molecular formula is C24H47N7. The lowest BCUT2D eigenvalue weighted by Crippen LogP contribution is -2.62. The van der Waals surface area contributed by atoms with Crippen LogP contribution in [0.5, 0.6) is 0 Å². The molecule has 0 amide bonds. The van der Waals surface area contributed by atoms with E-state index in [0.717, 1.165) is 25.7 Å². The van der Waals surface area contributed by atoms with E-state index in [1.807, 2.05) is 6.92 Å². The van der Waals surface area contributed by atoms with Gasteiger partial charge in [0, 0.05) is 42.3 Å². The third kappa shape index (κ3) is 7.28. The highest BCUT2D eigenvalue weighted by Crippen LogP contribution is 2.33. The molecule has 2 N–H and O–H groups in total. The van der Waals surface area contributed by atoms with Crippen molar-refractivity contribution in [3.63, 3.8) is 0 Å². The van der Waals surface area contributed by atoms with E-state index < -0.39 is 0 Å². The second-order valence-corrected chi connectivity index (χ2v) is 12.3. The van der Waals surface area contributed by atoms with Gasteiger partial charge >= 0.3 is 0 Å². The van der Waals surface area contributed by atoms with E-state index in [-0.39, 0.29) is 22.2 Å². The van der Waals surface area contributed by atoms with Gasteiger partial charge in [-0.1, -0.05) is 0 Å². The Morgan fingerprint density at radius 1 is 0.774 bits per heavy atom. The Bertz CT molecular complexity index is 685. The molecule has 2 rings (SSSR count). The molecule has 0 radical (unpaired) electrons. The molecule has 7 nitrogen and oxygen atoms in total. The van der Waals surface area contributed by atoms with Crippen molar-refractivity contribution in [1.82, 2.24) is 20.5 Å². The fourth-order valence-corrected chi connectivity index (χ4v) is 5.81. The smallest absolute Gasteiger partial charge is 0.244 e. The van der Waals surface area contributed by atoms with Gasteiger partial charge < -0.3 is 15.5 Å². The maximum Gasteiger partial charge on any atom is 0.244 e. The van der Waals surface area contributed by atoms with E-state index in [1.165, 1.54) is 0 Å². The zero-order chi connectivity index (χ0) is 23.8. The molecule has 0 saturated carbocycles. The topological polar surface area (TPSA) is 67.6 Å². The van der Waals surface area contributed by atoms with Gasteiger partial charge in [0.05, 0.1) is 6.04 Å². The lowest BCUT2D eigenvalue weighted by atomic mass is 9.79. The van der Waals surface area contributed by atoms with Crippen LogP contribution >= 0.6 is 0 Å². The normalized spacial score (nSPS) is 26.4. The molecule has 2 aliphatic rings. The summed E-state index contributed by atoms with van der Waals surface area (Å²) in [4.78, 5) is 11.0. The molecule has 0 aromatic rings. The third-order valence-corrected chi connectivity index (χ3v) is 6.47. The standard InChI is InChI=1S/C24H47N7/c1-17(25-10)26-20(30(11)18-13-21(2,3)28-22(4,5)14-18)27-31(12)19-15-23(6,7)29-24(8,9)16-19/h18-19,28-29H,10,13-16H2,1-9,11-12H3/b26-17-,27-20+. The van der Waals surface area contributed by atoms with Crippen molar-refractivity contribution < 1.29 is 0 Å². The number of nitrogens with one attached hydrogen (secondary N) is 2. The SMILES string of the molecule is C=N/C(C)=N\C(=N/N(C)C1CC(C)(C)NC(C)(C)C1)N(C)C1CC(C)(C)NC(C)(C)C1. The fraction of sp³-hybridized carbons (Fsp3) is 0.875. The van der Waals surface area contributed by atoms with Gasteiger partial charge in [0.15, 0.2) is 0 Å². The first-order valence-corrected chi connectivity index (χ1v) is 11.6. The lowest BCUT2D eigenvalue weighted by Gasteiger charge is -2.49. The Morgan fingerprint density at radius 2 is 1.16 bits per heavy atom. The maximum atomic E-state index is 5.04.